The van der Waals surface area contributed by atoms with Gasteiger partial charge in [-0.1, -0.05) is 12.1 Å². The van der Waals surface area contributed by atoms with Gasteiger partial charge in [0.1, 0.15) is 6.10 Å². The predicted molar refractivity (Wildman–Crippen MR) is 112 cm³/mol. The molecule has 1 fully saturated rings. The molecule has 6 heteroatoms. The predicted octanol–water partition coefficient (Wildman–Crippen LogP) is 3.34. The van der Waals surface area contributed by atoms with Crippen LogP contribution in [0, 0.1) is 0 Å². The summed E-state index contributed by atoms with van der Waals surface area (Å²) in [4.78, 5) is 15.1. The van der Waals surface area contributed by atoms with Crippen LogP contribution >= 0.6 is 0 Å². The Balaban J connectivity index is 1.58. The standard InChI is InChI=1S/C23H28N2O4/c1-14-12-25(13-15(2)24-14)18-7-5-16-9-21(29-23(26)19(16)11-18)17-6-8-20(27-3)22(10-17)28-4/h5-8,10-11,14-15,21,24H,9,12-13H2,1-4H3/t14-,15+,21?. The minimum Gasteiger partial charge on any atom is -0.493 e. The zero-order valence-electron chi connectivity index (χ0n) is 17.4. The highest BCUT2D eigenvalue weighted by molar-refractivity contribution is 5.93. The van der Waals surface area contributed by atoms with E-state index in [0.29, 0.717) is 35.6 Å². The monoisotopic (exact) mass is 396 g/mol. The van der Waals surface area contributed by atoms with Gasteiger partial charge in [-0.05, 0) is 49.2 Å². The average molecular weight is 396 g/mol. The summed E-state index contributed by atoms with van der Waals surface area (Å²) >= 11 is 0. The van der Waals surface area contributed by atoms with Gasteiger partial charge in [0.2, 0.25) is 0 Å². The average Bonchev–Trinajstić information content (AvgIpc) is 2.72. The van der Waals surface area contributed by atoms with E-state index >= 15 is 0 Å². The number of fused-ring (bicyclic) bond motifs is 1. The van der Waals surface area contributed by atoms with E-state index in [1.807, 2.05) is 24.3 Å². The molecule has 4 rings (SSSR count). The van der Waals surface area contributed by atoms with Crippen molar-refractivity contribution in [1.82, 2.24) is 5.32 Å². The molecule has 3 atom stereocenters. The van der Waals surface area contributed by atoms with Crippen LogP contribution in [0.15, 0.2) is 36.4 Å². The Morgan fingerprint density at radius 2 is 1.72 bits per heavy atom. The number of rotatable bonds is 4. The number of carbonyl (C=O) groups is 1. The summed E-state index contributed by atoms with van der Waals surface area (Å²) < 4.78 is 16.5. The van der Waals surface area contributed by atoms with Crippen molar-refractivity contribution in [2.24, 2.45) is 0 Å². The Hall–Kier alpha value is -2.73. The van der Waals surface area contributed by atoms with Crippen molar-refractivity contribution in [1.29, 1.82) is 0 Å². The molecule has 0 radical (unpaired) electrons. The number of piperazine rings is 1. The first-order valence-electron chi connectivity index (χ1n) is 10.0. The first-order valence-corrected chi connectivity index (χ1v) is 10.0. The molecule has 0 amide bonds. The van der Waals surface area contributed by atoms with E-state index in [1.165, 1.54) is 0 Å². The van der Waals surface area contributed by atoms with Crippen LogP contribution in [-0.4, -0.2) is 45.4 Å². The van der Waals surface area contributed by atoms with Crippen molar-refractivity contribution in [3.05, 3.63) is 53.1 Å². The Labute approximate surface area is 171 Å². The summed E-state index contributed by atoms with van der Waals surface area (Å²) in [7, 11) is 3.20. The normalized spacial score (nSPS) is 23.9. The maximum absolute atomic E-state index is 12.8. The van der Waals surface area contributed by atoms with Crippen LogP contribution < -0.4 is 19.7 Å². The SMILES string of the molecule is COc1ccc(C2Cc3ccc(N4C[C@@H](C)N[C@@H](C)C4)cc3C(=O)O2)cc1OC. The van der Waals surface area contributed by atoms with Gasteiger partial charge in [0.15, 0.2) is 11.5 Å². The first-order chi connectivity index (χ1) is 14.0. The molecule has 0 aliphatic carbocycles. The van der Waals surface area contributed by atoms with Gasteiger partial charge in [0.05, 0.1) is 19.8 Å². The number of hydrogen-bond donors (Lipinski definition) is 1. The van der Waals surface area contributed by atoms with Crippen molar-refractivity contribution in [2.45, 2.75) is 38.5 Å². The fourth-order valence-electron chi connectivity index (χ4n) is 4.34. The van der Waals surface area contributed by atoms with Crippen LogP contribution in [-0.2, 0) is 11.2 Å². The number of nitrogens with zero attached hydrogens (tertiary/aromatic N) is 1. The number of carbonyl (C=O) groups excluding carboxylic acids is 1. The number of ether oxygens (including phenoxy) is 3. The summed E-state index contributed by atoms with van der Waals surface area (Å²) in [5, 5.41) is 3.54. The van der Waals surface area contributed by atoms with Gasteiger partial charge >= 0.3 is 5.97 Å². The van der Waals surface area contributed by atoms with E-state index in [-0.39, 0.29) is 12.1 Å². The lowest BCUT2D eigenvalue weighted by molar-refractivity contribution is 0.0252. The second-order valence-corrected chi connectivity index (χ2v) is 7.93. The molecule has 29 heavy (non-hydrogen) atoms. The van der Waals surface area contributed by atoms with E-state index in [4.69, 9.17) is 14.2 Å². The Morgan fingerprint density at radius 3 is 2.41 bits per heavy atom. The smallest absolute Gasteiger partial charge is 0.339 e. The third kappa shape index (κ3) is 3.90. The summed E-state index contributed by atoms with van der Waals surface area (Å²) in [6.07, 6.45) is 0.311. The van der Waals surface area contributed by atoms with Crippen molar-refractivity contribution < 1.29 is 19.0 Å². The maximum atomic E-state index is 12.8. The van der Waals surface area contributed by atoms with Crippen molar-refractivity contribution >= 4 is 11.7 Å². The summed E-state index contributed by atoms with van der Waals surface area (Å²) in [5.41, 5.74) is 3.65. The quantitative estimate of drug-likeness (QED) is 0.800. The lowest BCUT2D eigenvalue weighted by Gasteiger charge is -2.38. The van der Waals surface area contributed by atoms with Gasteiger partial charge in [-0.2, -0.15) is 0 Å². The third-order valence-electron chi connectivity index (χ3n) is 5.67. The number of esters is 1. The van der Waals surface area contributed by atoms with E-state index in [1.54, 1.807) is 14.2 Å². The topological polar surface area (TPSA) is 60.0 Å². The van der Waals surface area contributed by atoms with Gasteiger partial charge in [-0.15, -0.1) is 0 Å². The number of anilines is 1. The molecule has 2 aliphatic heterocycles. The largest absolute Gasteiger partial charge is 0.493 e. The van der Waals surface area contributed by atoms with Crippen LogP contribution in [0.2, 0.25) is 0 Å². The molecule has 2 heterocycles. The number of cyclic esters (lactones) is 1. The molecule has 0 bridgehead atoms. The second kappa shape index (κ2) is 7.95. The molecule has 0 saturated carbocycles. The number of nitrogens with one attached hydrogen (secondary N) is 1. The van der Waals surface area contributed by atoms with E-state index < -0.39 is 0 Å². The molecule has 2 aromatic carbocycles. The zero-order valence-corrected chi connectivity index (χ0v) is 17.4. The van der Waals surface area contributed by atoms with Crippen molar-refractivity contribution in [3.8, 4) is 11.5 Å². The highest BCUT2D eigenvalue weighted by Crippen LogP contribution is 2.36. The van der Waals surface area contributed by atoms with E-state index in [2.05, 4.69) is 36.2 Å². The van der Waals surface area contributed by atoms with E-state index in [0.717, 1.165) is 29.9 Å². The summed E-state index contributed by atoms with van der Waals surface area (Å²) in [6.45, 7) is 6.21. The lowest BCUT2D eigenvalue weighted by atomic mass is 9.93. The molecule has 0 spiro atoms. The van der Waals surface area contributed by atoms with Crippen LogP contribution in [0.5, 0.6) is 11.5 Å². The lowest BCUT2D eigenvalue weighted by Crippen LogP contribution is -2.54. The van der Waals surface area contributed by atoms with Crippen LogP contribution in [0.3, 0.4) is 0 Å². The first kappa shape index (κ1) is 19.6. The van der Waals surface area contributed by atoms with Crippen LogP contribution in [0.25, 0.3) is 0 Å². The Bertz CT molecular complexity index is 904. The molecular weight excluding hydrogens is 368 g/mol. The fourth-order valence-corrected chi connectivity index (χ4v) is 4.34. The van der Waals surface area contributed by atoms with Crippen molar-refractivity contribution in [2.75, 3.05) is 32.2 Å². The molecule has 2 aliphatic rings. The highest BCUT2D eigenvalue weighted by atomic mass is 16.5. The zero-order chi connectivity index (χ0) is 20.5. The molecule has 154 valence electrons. The molecular formula is C23H28N2O4. The molecule has 0 aromatic heterocycles. The van der Waals surface area contributed by atoms with Gasteiger partial charge < -0.3 is 24.4 Å². The Morgan fingerprint density at radius 1 is 1.00 bits per heavy atom. The second-order valence-electron chi connectivity index (χ2n) is 7.93. The van der Waals surface area contributed by atoms with Crippen LogP contribution in [0.4, 0.5) is 5.69 Å². The van der Waals surface area contributed by atoms with Gasteiger partial charge in [-0.3, -0.25) is 0 Å². The molecule has 1 saturated heterocycles. The molecule has 1 unspecified atom stereocenters. The summed E-state index contributed by atoms with van der Waals surface area (Å²) in [6, 6.07) is 12.6. The molecule has 1 N–H and O–H groups in total. The van der Waals surface area contributed by atoms with Crippen molar-refractivity contribution in [3.63, 3.8) is 0 Å². The van der Waals surface area contributed by atoms with Gasteiger partial charge in [-0.25, -0.2) is 4.79 Å². The van der Waals surface area contributed by atoms with E-state index in [9.17, 15) is 4.79 Å². The Kier molecular flexibility index (Phi) is 5.37. The number of methoxy groups -OCH3 is 2. The van der Waals surface area contributed by atoms with Gasteiger partial charge in [0, 0.05) is 37.3 Å². The third-order valence-corrected chi connectivity index (χ3v) is 5.67. The highest BCUT2D eigenvalue weighted by Gasteiger charge is 2.30. The van der Waals surface area contributed by atoms with Gasteiger partial charge in [0.25, 0.3) is 0 Å². The van der Waals surface area contributed by atoms with Crippen LogP contribution in [0.1, 0.15) is 41.4 Å². The molecule has 6 nitrogen and oxygen atoms in total. The minimum absolute atomic E-state index is 0.274. The fraction of sp³-hybridized carbons (Fsp3) is 0.435. The molecule has 2 aromatic rings. The summed E-state index contributed by atoms with van der Waals surface area (Å²) in [5.74, 6) is 1.01. The number of hydrogen-bond acceptors (Lipinski definition) is 6. The maximum Gasteiger partial charge on any atom is 0.339 e. The number of benzene rings is 2. The minimum atomic E-state index is -0.333.